The molecule has 0 spiro atoms. The molecule has 2 aliphatic rings. The number of morpholine rings is 1. The highest BCUT2D eigenvalue weighted by Gasteiger charge is 2.39. The van der Waals surface area contributed by atoms with Crippen LogP contribution in [0.15, 0.2) is 0 Å². The van der Waals surface area contributed by atoms with Gasteiger partial charge in [0.2, 0.25) is 0 Å². The Hall–Kier alpha value is -0.160. The molecule has 0 amide bonds. The van der Waals surface area contributed by atoms with Crippen LogP contribution in [0.4, 0.5) is 0 Å². The number of rotatable bonds is 4. The van der Waals surface area contributed by atoms with Gasteiger partial charge in [-0.25, -0.2) is 0 Å². The molecule has 2 fully saturated rings. The lowest BCUT2D eigenvalue weighted by Gasteiger charge is -2.47. The molecule has 1 N–H and O–H groups in total. The van der Waals surface area contributed by atoms with Crippen molar-refractivity contribution in [2.75, 3.05) is 33.2 Å². The first-order valence-electron chi connectivity index (χ1n) is 7.52. The zero-order valence-electron chi connectivity index (χ0n) is 13.2. The van der Waals surface area contributed by atoms with E-state index in [0.29, 0.717) is 12.2 Å². The molecular formula is C15H30N2O2. The minimum absolute atomic E-state index is 0.0648. The molecule has 112 valence electrons. The fourth-order valence-electron chi connectivity index (χ4n) is 3.65. The van der Waals surface area contributed by atoms with E-state index in [1.54, 1.807) is 0 Å². The van der Waals surface area contributed by atoms with Crippen LogP contribution in [0.1, 0.15) is 40.5 Å². The van der Waals surface area contributed by atoms with Crippen molar-refractivity contribution in [3.8, 4) is 0 Å². The van der Waals surface area contributed by atoms with E-state index in [2.05, 4.69) is 37.9 Å². The number of likely N-dealkylation sites (N-methyl/N-ethyl adjacent to an activating group) is 1. The molecule has 0 saturated carbocycles. The minimum atomic E-state index is -0.0648. The van der Waals surface area contributed by atoms with Crippen LogP contribution in [-0.2, 0) is 9.47 Å². The third-order valence-corrected chi connectivity index (χ3v) is 3.85. The van der Waals surface area contributed by atoms with Crippen molar-refractivity contribution in [1.29, 1.82) is 0 Å². The Labute approximate surface area is 117 Å². The van der Waals surface area contributed by atoms with Gasteiger partial charge < -0.3 is 14.8 Å². The van der Waals surface area contributed by atoms with E-state index in [9.17, 15) is 0 Å². The molecule has 2 rings (SSSR count). The predicted molar refractivity (Wildman–Crippen MR) is 77.5 cm³/mol. The molecule has 0 aromatic rings. The molecule has 0 aliphatic carbocycles. The van der Waals surface area contributed by atoms with E-state index in [1.165, 1.54) is 12.8 Å². The SMILES string of the molecule is CNCC1CCC(CN2CC(C)(C)OC(C)(C)C2)O1. The van der Waals surface area contributed by atoms with E-state index in [-0.39, 0.29) is 11.2 Å². The molecule has 2 atom stereocenters. The first kappa shape index (κ1) is 15.2. The van der Waals surface area contributed by atoms with E-state index >= 15 is 0 Å². The molecule has 4 heteroatoms. The largest absolute Gasteiger partial charge is 0.372 e. The third kappa shape index (κ3) is 4.42. The summed E-state index contributed by atoms with van der Waals surface area (Å²) in [6, 6.07) is 0. The normalized spacial score (nSPS) is 34.6. The monoisotopic (exact) mass is 270 g/mol. The Morgan fingerprint density at radius 2 is 1.63 bits per heavy atom. The maximum absolute atomic E-state index is 6.12. The van der Waals surface area contributed by atoms with Gasteiger partial charge in [-0.2, -0.15) is 0 Å². The smallest absolute Gasteiger partial charge is 0.0760 e. The summed E-state index contributed by atoms with van der Waals surface area (Å²) in [6.07, 6.45) is 3.16. The average Bonchev–Trinajstić information content (AvgIpc) is 2.60. The predicted octanol–water partition coefficient (Wildman–Crippen LogP) is 1.64. The van der Waals surface area contributed by atoms with Crippen molar-refractivity contribution >= 4 is 0 Å². The second-order valence-electron chi connectivity index (χ2n) is 7.31. The highest BCUT2D eigenvalue weighted by molar-refractivity contribution is 4.90. The zero-order valence-corrected chi connectivity index (χ0v) is 13.2. The van der Waals surface area contributed by atoms with Crippen molar-refractivity contribution in [1.82, 2.24) is 10.2 Å². The summed E-state index contributed by atoms with van der Waals surface area (Å²) in [7, 11) is 1.99. The van der Waals surface area contributed by atoms with E-state index in [4.69, 9.17) is 9.47 Å². The van der Waals surface area contributed by atoms with Crippen molar-refractivity contribution in [3.63, 3.8) is 0 Å². The van der Waals surface area contributed by atoms with Crippen LogP contribution in [0.5, 0.6) is 0 Å². The van der Waals surface area contributed by atoms with Crippen LogP contribution >= 0.6 is 0 Å². The summed E-state index contributed by atoms with van der Waals surface area (Å²) in [5.74, 6) is 0. The van der Waals surface area contributed by atoms with Gasteiger partial charge >= 0.3 is 0 Å². The van der Waals surface area contributed by atoms with Gasteiger partial charge in [0.1, 0.15) is 0 Å². The topological polar surface area (TPSA) is 33.7 Å². The maximum atomic E-state index is 6.12. The maximum Gasteiger partial charge on any atom is 0.0760 e. The molecule has 0 bridgehead atoms. The lowest BCUT2D eigenvalue weighted by atomic mass is 9.98. The summed E-state index contributed by atoms with van der Waals surface area (Å²) in [4.78, 5) is 2.51. The first-order chi connectivity index (χ1) is 8.80. The molecule has 2 saturated heterocycles. The zero-order chi connectivity index (χ0) is 14.1. The minimum Gasteiger partial charge on any atom is -0.372 e. The highest BCUT2D eigenvalue weighted by atomic mass is 16.5. The Morgan fingerprint density at radius 3 is 2.21 bits per heavy atom. The van der Waals surface area contributed by atoms with E-state index in [0.717, 1.165) is 26.2 Å². The lowest BCUT2D eigenvalue weighted by Crippen LogP contribution is -2.58. The fraction of sp³-hybridized carbons (Fsp3) is 1.00. The molecule has 4 nitrogen and oxygen atoms in total. The highest BCUT2D eigenvalue weighted by Crippen LogP contribution is 2.29. The number of hydrogen-bond donors (Lipinski definition) is 1. The van der Waals surface area contributed by atoms with Crippen LogP contribution in [0, 0.1) is 0 Å². The second-order valence-corrected chi connectivity index (χ2v) is 7.31. The molecule has 2 aliphatic heterocycles. The van der Waals surface area contributed by atoms with Crippen molar-refractivity contribution in [2.24, 2.45) is 0 Å². The van der Waals surface area contributed by atoms with Gasteiger partial charge in [0.15, 0.2) is 0 Å². The van der Waals surface area contributed by atoms with Crippen molar-refractivity contribution in [3.05, 3.63) is 0 Å². The summed E-state index contributed by atoms with van der Waals surface area (Å²) in [5.41, 5.74) is -0.130. The average molecular weight is 270 g/mol. The molecular weight excluding hydrogens is 240 g/mol. The van der Waals surface area contributed by atoms with Crippen LogP contribution < -0.4 is 5.32 Å². The van der Waals surface area contributed by atoms with E-state index < -0.39 is 0 Å². The summed E-state index contributed by atoms with van der Waals surface area (Å²) in [5, 5.41) is 3.20. The molecule has 2 heterocycles. The first-order valence-corrected chi connectivity index (χ1v) is 7.52. The van der Waals surface area contributed by atoms with Crippen molar-refractivity contribution in [2.45, 2.75) is 63.9 Å². The number of nitrogens with one attached hydrogen (secondary N) is 1. The Balaban J connectivity index is 1.86. The lowest BCUT2D eigenvalue weighted by molar-refractivity contribution is -0.184. The quantitative estimate of drug-likeness (QED) is 0.842. The van der Waals surface area contributed by atoms with Crippen LogP contribution in [-0.4, -0.2) is 61.5 Å². The summed E-state index contributed by atoms with van der Waals surface area (Å²) >= 11 is 0. The Kier molecular flexibility index (Phi) is 4.56. The van der Waals surface area contributed by atoms with Crippen LogP contribution in [0.3, 0.4) is 0 Å². The van der Waals surface area contributed by atoms with Gasteiger partial charge in [0.05, 0.1) is 23.4 Å². The van der Waals surface area contributed by atoms with E-state index in [1.807, 2.05) is 7.05 Å². The second kappa shape index (κ2) is 5.68. The molecule has 0 aromatic carbocycles. The van der Waals surface area contributed by atoms with Crippen LogP contribution in [0.2, 0.25) is 0 Å². The van der Waals surface area contributed by atoms with Gasteiger partial charge in [0.25, 0.3) is 0 Å². The molecule has 0 aromatic heterocycles. The van der Waals surface area contributed by atoms with Gasteiger partial charge in [-0.3, -0.25) is 4.90 Å². The molecule has 2 unspecified atom stereocenters. The van der Waals surface area contributed by atoms with Gasteiger partial charge in [-0.1, -0.05) is 0 Å². The molecule has 19 heavy (non-hydrogen) atoms. The van der Waals surface area contributed by atoms with Gasteiger partial charge in [-0.05, 0) is 47.6 Å². The summed E-state index contributed by atoms with van der Waals surface area (Å²) < 4.78 is 12.2. The third-order valence-electron chi connectivity index (χ3n) is 3.85. The summed E-state index contributed by atoms with van der Waals surface area (Å²) in [6.45, 7) is 12.7. The molecule has 0 radical (unpaired) electrons. The van der Waals surface area contributed by atoms with Crippen molar-refractivity contribution < 1.29 is 9.47 Å². The number of nitrogens with zero attached hydrogens (tertiary/aromatic N) is 1. The standard InChI is InChI=1S/C15H30N2O2/c1-14(2)10-17(11-15(3,4)19-14)9-13-7-6-12(18-13)8-16-5/h12-13,16H,6-11H2,1-5H3. The van der Waals surface area contributed by atoms with Crippen LogP contribution in [0.25, 0.3) is 0 Å². The number of ether oxygens (including phenoxy) is 2. The Bertz CT molecular complexity index is 289. The van der Waals surface area contributed by atoms with Gasteiger partial charge in [-0.15, -0.1) is 0 Å². The number of hydrogen-bond acceptors (Lipinski definition) is 4. The fourth-order valence-corrected chi connectivity index (χ4v) is 3.65. The van der Waals surface area contributed by atoms with Gasteiger partial charge in [0, 0.05) is 26.2 Å². The Morgan fingerprint density at radius 1 is 1.05 bits per heavy atom.